The van der Waals surface area contributed by atoms with E-state index in [4.69, 9.17) is 5.11 Å². The molecule has 0 radical (unpaired) electrons. The Hall–Kier alpha value is -1.30. The number of hydrogen-bond donors (Lipinski definition) is 3. The third-order valence-electron chi connectivity index (χ3n) is 3.29. The summed E-state index contributed by atoms with van der Waals surface area (Å²) in [7, 11) is 2.08. The fourth-order valence-electron chi connectivity index (χ4n) is 1.70. The molecular weight excluding hydrogens is 258 g/mol. The molecule has 0 fully saturated rings. The Morgan fingerprint density at radius 2 is 1.90 bits per heavy atom. The van der Waals surface area contributed by atoms with Crippen LogP contribution in [-0.4, -0.2) is 54.2 Å². The second-order valence-corrected chi connectivity index (χ2v) is 5.36. The molecule has 0 spiro atoms. The van der Waals surface area contributed by atoms with Gasteiger partial charge in [0.15, 0.2) is 0 Å². The molecule has 0 aliphatic rings. The highest BCUT2D eigenvalue weighted by Crippen LogP contribution is 1.98. The molecule has 0 aromatic rings. The van der Waals surface area contributed by atoms with E-state index >= 15 is 0 Å². The van der Waals surface area contributed by atoms with Gasteiger partial charge in [-0.1, -0.05) is 13.3 Å². The van der Waals surface area contributed by atoms with Crippen molar-refractivity contribution in [3.05, 3.63) is 0 Å². The van der Waals surface area contributed by atoms with Gasteiger partial charge >= 0.3 is 12.0 Å². The Morgan fingerprint density at radius 1 is 1.25 bits per heavy atom. The number of carbonyl (C=O) groups is 2. The van der Waals surface area contributed by atoms with Gasteiger partial charge in [-0.3, -0.25) is 0 Å². The number of unbranched alkanes of at least 4 members (excludes halogenated alkanes) is 1. The molecule has 0 aliphatic carbocycles. The van der Waals surface area contributed by atoms with Crippen LogP contribution in [0.5, 0.6) is 0 Å². The molecule has 3 N–H and O–H groups in total. The Bertz CT molecular complexity index is 295. The number of rotatable bonds is 10. The van der Waals surface area contributed by atoms with Crippen LogP contribution in [0, 0.1) is 0 Å². The number of urea groups is 1. The summed E-state index contributed by atoms with van der Waals surface area (Å²) in [6.07, 6.45) is 3.06. The lowest BCUT2D eigenvalue weighted by atomic mass is 10.2. The van der Waals surface area contributed by atoms with Crippen LogP contribution in [0.3, 0.4) is 0 Å². The second kappa shape index (κ2) is 10.5. The number of hydrogen-bond acceptors (Lipinski definition) is 3. The van der Waals surface area contributed by atoms with Crippen molar-refractivity contribution in [3.63, 3.8) is 0 Å². The van der Waals surface area contributed by atoms with Crippen LogP contribution in [0.4, 0.5) is 4.79 Å². The topological polar surface area (TPSA) is 81.7 Å². The van der Waals surface area contributed by atoms with Crippen molar-refractivity contribution in [2.45, 2.75) is 58.5 Å². The number of amides is 2. The maximum absolute atomic E-state index is 11.5. The Labute approximate surface area is 121 Å². The molecule has 0 aliphatic heterocycles. The van der Waals surface area contributed by atoms with Crippen molar-refractivity contribution in [1.29, 1.82) is 0 Å². The van der Waals surface area contributed by atoms with Gasteiger partial charge in [-0.25, -0.2) is 9.59 Å². The molecule has 0 unspecified atom stereocenters. The molecule has 6 nitrogen and oxygen atoms in total. The molecular formula is C14H29N3O3. The number of nitrogens with zero attached hydrogens (tertiary/aromatic N) is 1. The van der Waals surface area contributed by atoms with Crippen LogP contribution in [0.15, 0.2) is 0 Å². The van der Waals surface area contributed by atoms with Crippen molar-refractivity contribution < 1.29 is 14.7 Å². The lowest BCUT2D eigenvalue weighted by Crippen LogP contribution is -2.46. The van der Waals surface area contributed by atoms with Gasteiger partial charge in [0.25, 0.3) is 0 Å². The van der Waals surface area contributed by atoms with Crippen molar-refractivity contribution in [2.24, 2.45) is 0 Å². The van der Waals surface area contributed by atoms with E-state index in [-0.39, 0.29) is 0 Å². The molecule has 0 heterocycles. The van der Waals surface area contributed by atoms with Gasteiger partial charge in [-0.2, -0.15) is 0 Å². The van der Waals surface area contributed by atoms with Gasteiger partial charge in [0, 0.05) is 12.6 Å². The Balaban J connectivity index is 3.75. The molecule has 2 amide bonds. The molecule has 0 aromatic carbocycles. The summed E-state index contributed by atoms with van der Waals surface area (Å²) in [5.74, 6) is -0.986. The van der Waals surface area contributed by atoms with E-state index in [2.05, 4.69) is 36.4 Å². The maximum atomic E-state index is 11.5. The van der Waals surface area contributed by atoms with Gasteiger partial charge in [0.2, 0.25) is 0 Å². The van der Waals surface area contributed by atoms with Crippen molar-refractivity contribution in [1.82, 2.24) is 15.5 Å². The first-order valence-corrected chi connectivity index (χ1v) is 7.35. The minimum Gasteiger partial charge on any atom is -0.480 e. The van der Waals surface area contributed by atoms with E-state index in [1.165, 1.54) is 0 Å². The number of aliphatic carboxylic acids is 1. The van der Waals surface area contributed by atoms with Gasteiger partial charge < -0.3 is 20.6 Å². The maximum Gasteiger partial charge on any atom is 0.326 e. The van der Waals surface area contributed by atoms with Crippen molar-refractivity contribution >= 4 is 12.0 Å². The van der Waals surface area contributed by atoms with Gasteiger partial charge in [-0.05, 0) is 46.7 Å². The van der Waals surface area contributed by atoms with E-state index < -0.39 is 18.0 Å². The Kier molecular flexibility index (Phi) is 9.80. The third kappa shape index (κ3) is 8.74. The first kappa shape index (κ1) is 18.7. The molecule has 0 bridgehead atoms. The third-order valence-corrected chi connectivity index (χ3v) is 3.29. The average molecular weight is 287 g/mol. The molecule has 118 valence electrons. The normalized spacial score (nSPS) is 12.5. The fraction of sp³-hybridized carbons (Fsp3) is 0.857. The second-order valence-electron chi connectivity index (χ2n) is 5.36. The number of carbonyl (C=O) groups excluding carboxylic acids is 1. The van der Waals surface area contributed by atoms with Crippen LogP contribution in [0.25, 0.3) is 0 Å². The highest BCUT2D eigenvalue weighted by atomic mass is 16.4. The van der Waals surface area contributed by atoms with Crippen LogP contribution in [0.1, 0.15) is 46.5 Å². The first-order valence-electron chi connectivity index (χ1n) is 7.35. The Morgan fingerprint density at radius 3 is 2.40 bits per heavy atom. The minimum atomic E-state index is -0.986. The van der Waals surface area contributed by atoms with Crippen LogP contribution in [-0.2, 0) is 4.79 Å². The van der Waals surface area contributed by atoms with Gasteiger partial charge in [0.05, 0.1) is 0 Å². The highest BCUT2D eigenvalue weighted by molar-refractivity contribution is 5.82. The zero-order chi connectivity index (χ0) is 15.5. The summed E-state index contributed by atoms with van der Waals surface area (Å²) in [5.41, 5.74) is 0. The summed E-state index contributed by atoms with van der Waals surface area (Å²) in [4.78, 5) is 24.7. The zero-order valence-corrected chi connectivity index (χ0v) is 13.1. The fourth-order valence-corrected chi connectivity index (χ4v) is 1.70. The molecule has 0 rings (SSSR count). The van der Waals surface area contributed by atoms with Crippen molar-refractivity contribution in [3.8, 4) is 0 Å². The summed E-state index contributed by atoms with van der Waals surface area (Å²) in [6.45, 7) is 7.74. The monoisotopic (exact) mass is 287 g/mol. The average Bonchev–Trinajstić information content (AvgIpc) is 2.37. The molecule has 0 aromatic heterocycles. The smallest absolute Gasteiger partial charge is 0.326 e. The summed E-state index contributed by atoms with van der Waals surface area (Å²) in [5, 5.41) is 14.1. The summed E-state index contributed by atoms with van der Waals surface area (Å²) < 4.78 is 0. The molecule has 1 atom stereocenters. The molecule has 0 saturated carbocycles. The quantitative estimate of drug-likeness (QED) is 0.534. The molecule has 0 saturated heterocycles. The van der Waals surface area contributed by atoms with E-state index in [1.54, 1.807) is 0 Å². The van der Waals surface area contributed by atoms with Gasteiger partial charge in [-0.15, -0.1) is 0 Å². The number of carboxylic acid groups (broad SMARTS) is 1. The van der Waals surface area contributed by atoms with E-state index in [1.807, 2.05) is 6.92 Å². The zero-order valence-electron chi connectivity index (χ0n) is 13.1. The van der Waals surface area contributed by atoms with E-state index in [0.717, 1.165) is 25.8 Å². The van der Waals surface area contributed by atoms with Crippen molar-refractivity contribution in [2.75, 3.05) is 20.1 Å². The van der Waals surface area contributed by atoms with Gasteiger partial charge in [0.1, 0.15) is 6.04 Å². The molecule has 6 heteroatoms. The van der Waals surface area contributed by atoms with Crippen LogP contribution in [0.2, 0.25) is 0 Å². The molecule has 20 heavy (non-hydrogen) atoms. The number of carboxylic acids is 1. The summed E-state index contributed by atoms with van der Waals surface area (Å²) in [6, 6.07) is -0.674. The largest absolute Gasteiger partial charge is 0.480 e. The lowest BCUT2D eigenvalue weighted by molar-refractivity contribution is -0.139. The predicted octanol–water partition coefficient (Wildman–Crippen LogP) is 1.66. The van der Waals surface area contributed by atoms with E-state index in [0.29, 0.717) is 19.0 Å². The SMILES string of the molecule is CCC[C@@H](NC(=O)NCCCCN(C)C(C)C)C(=O)O. The van der Waals surface area contributed by atoms with Crippen LogP contribution < -0.4 is 10.6 Å². The minimum absolute atomic E-state index is 0.400. The number of nitrogens with one attached hydrogen (secondary N) is 2. The predicted molar refractivity (Wildman–Crippen MR) is 79.9 cm³/mol. The lowest BCUT2D eigenvalue weighted by Gasteiger charge is -2.20. The highest BCUT2D eigenvalue weighted by Gasteiger charge is 2.18. The first-order chi connectivity index (χ1) is 9.38. The standard InChI is InChI=1S/C14H29N3O3/c1-5-8-12(13(18)19)16-14(20)15-9-6-7-10-17(4)11(2)3/h11-12H,5-10H2,1-4H3,(H,18,19)(H2,15,16,20)/t12-/m1/s1. The summed E-state index contributed by atoms with van der Waals surface area (Å²) >= 11 is 0. The van der Waals surface area contributed by atoms with E-state index in [9.17, 15) is 9.59 Å². The van der Waals surface area contributed by atoms with Crippen LogP contribution >= 0.6 is 0 Å².